The molecule has 5 atom stereocenters. The average Bonchev–Trinajstić information content (AvgIpc) is 3.48. The fraction of sp³-hybridized carbons (Fsp3) is 0.474. The monoisotopic (exact) mass is 673 g/mol. The molecule has 0 spiro atoms. The minimum Gasteiger partial charge on any atom is -0.508 e. The molecule has 0 aliphatic carbocycles. The molecule has 0 saturated carbocycles. The minimum atomic E-state index is -1.00. The number of H-pyrrole nitrogens is 1. The number of nitrogens with two attached hydrogens (primary N) is 1. The molecule has 0 saturated heterocycles. The number of nitrogens with one attached hydrogen (secondary N) is 3. The zero-order chi connectivity index (χ0) is 35.5. The molecule has 3 aromatic rings. The second-order valence-electron chi connectivity index (χ2n) is 13.3. The van der Waals surface area contributed by atoms with E-state index >= 15 is 0 Å². The van der Waals surface area contributed by atoms with Gasteiger partial charge in [0.25, 0.3) is 0 Å². The molecule has 4 rings (SSSR count). The first-order chi connectivity index (χ1) is 23.5. The summed E-state index contributed by atoms with van der Waals surface area (Å²) in [6, 6.07) is 11.3. The van der Waals surface area contributed by atoms with Crippen LogP contribution in [0.5, 0.6) is 5.75 Å². The Hall–Kier alpha value is -4.64. The number of allylic oxidation sites excluding steroid dienone is 2. The molecule has 1 aliphatic heterocycles. The van der Waals surface area contributed by atoms with Gasteiger partial charge in [-0.1, -0.05) is 48.9 Å². The van der Waals surface area contributed by atoms with Crippen LogP contribution in [0.25, 0.3) is 10.9 Å². The second kappa shape index (κ2) is 17.7. The molecule has 1 aliphatic rings. The molecular formula is C38H51N5O6. The Labute approximate surface area is 288 Å². The van der Waals surface area contributed by atoms with E-state index in [1.807, 2.05) is 51.2 Å². The van der Waals surface area contributed by atoms with E-state index in [0.29, 0.717) is 50.6 Å². The number of aromatic nitrogens is 1. The number of unbranched alkanes of at least 4 members (excludes halogenated alkanes) is 1. The number of amides is 3. The van der Waals surface area contributed by atoms with E-state index < -0.39 is 35.9 Å². The summed E-state index contributed by atoms with van der Waals surface area (Å²) in [5, 5.41) is 16.9. The number of hydrogen-bond acceptors (Lipinski definition) is 7. The lowest BCUT2D eigenvalue weighted by molar-refractivity contribution is -0.149. The molecule has 0 fully saturated rings. The maximum Gasteiger partial charge on any atom is 0.308 e. The van der Waals surface area contributed by atoms with Crippen LogP contribution in [0, 0.1) is 5.92 Å². The number of nitrogens with zero attached hydrogens (tertiary/aromatic N) is 1. The zero-order valence-electron chi connectivity index (χ0n) is 29.0. The first-order valence-corrected chi connectivity index (χ1v) is 17.2. The number of para-hydroxylation sites is 1. The molecule has 0 radical (unpaired) electrons. The number of phenolic OH excluding ortho intramolecular Hbond substituents is 1. The van der Waals surface area contributed by atoms with Crippen molar-refractivity contribution in [3.8, 4) is 5.75 Å². The Bertz CT molecular complexity index is 1620. The number of likely N-dealkylation sites (N-methyl/N-ethyl adjacent to an activating group) is 1. The highest BCUT2D eigenvalue weighted by molar-refractivity contribution is 5.93. The number of ether oxygens (including phenoxy) is 1. The lowest BCUT2D eigenvalue weighted by atomic mass is 9.98. The largest absolute Gasteiger partial charge is 0.508 e. The number of cyclic esters (lactones) is 1. The lowest BCUT2D eigenvalue weighted by Gasteiger charge is -2.32. The third-order valence-corrected chi connectivity index (χ3v) is 9.22. The first-order valence-electron chi connectivity index (χ1n) is 17.2. The van der Waals surface area contributed by atoms with Crippen molar-refractivity contribution in [2.45, 2.75) is 96.4 Å². The van der Waals surface area contributed by atoms with Gasteiger partial charge in [-0.2, -0.15) is 0 Å². The van der Waals surface area contributed by atoms with Crippen LogP contribution < -0.4 is 16.4 Å². The Morgan fingerprint density at radius 2 is 1.69 bits per heavy atom. The fourth-order valence-electron chi connectivity index (χ4n) is 6.33. The number of phenols is 1. The first kappa shape index (κ1) is 37.2. The van der Waals surface area contributed by atoms with Crippen molar-refractivity contribution in [1.29, 1.82) is 0 Å². The molecular weight excluding hydrogens is 622 g/mol. The van der Waals surface area contributed by atoms with Crippen LogP contribution in [0.2, 0.25) is 0 Å². The van der Waals surface area contributed by atoms with Gasteiger partial charge in [-0.25, -0.2) is 0 Å². The number of hydrogen-bond donors (Lipinski definition) is 5. The average molecular weight is 674 g/mol. The second-order valence-corrected chi connectivity index (χ2v) is 13.3. The van der Waals surface area contributed by atoms with Gasteiger partial charge in [0.15, 0.2) is 0 Å². The predicted octanol–water partition coefficient (Wildman–Crippen LogP) is 4.80. The summed E-state index contributed by atoms with van der Waals surface area (Å²) in [6.45, 7) is 6.09. The number of aromatic hydroxyl groups is 1. The smallest absolute Gasteiger partial charge is 0.308 e. The van der Waals surface area contributed by atoms with Gasteiger partial charge in [-0.3, -0.25) is 19.2 Å². The Morgan fingerprint density at radius 1 is 0.959 bits per heavy atom. The summed E-state index contributed by atoms with van der Waals surface area (Å²) in [5.74, 6) is -1.93. The molecule has 11 nitrogen and oxygen atoms in total. The van der Waals surface area contributed by atoms with Crippen molar-refractivity contribution in [1.82, 2.24) is 20.5 Å². The van der Waals surface area contributed by atoms with Gasteiger partial charge in [-0.05, 0) is 88.2 Å². The Balaban J connectivity index is 1.75. The molecule has 11 heteroatoms. The molecule has 2 heterocycles. The summed E-state index contributed by atoms with van der Waals surface area (Å²) in [6.07, 6.45) is 6.97. The molecule has 6 N–H and O–H groups in total. The van der Waals surface area contributed by atoms with E-state index in [-0.39, 0.29) is 36.5 Å². The van der Waals surface area contributed by atoms with Crippen LogP contribution in [0.15, 0.2) is 66.4 Å². The molecule has 2 aromatic carbocycles. The quantitative estimate of drug-likeness (QED) is 0.136. The van der Waals surface area contributed by atoms with Gasteiger partial charge in [0.2, 0.25) is 17.7 Å². The maximum atomic E-state index is 14.4. The summed E-state index contributed by atoms with van der Waals surface area (Å²) in [5.41, 5.74) is 9.12. The van der Waals surface area contributed by atoms with Gasteiger partial charge < -0.3 is 36.1 Å². The van der Waals surface area contributed by atoms with Crippen LogP contribution in [-0.4, -0.2) is 70.5 Å². The highest BCUT2D eigenvalue weighted by Crippen LogP contribution is 2.25. The topological polar surface area (TPSA) is 167 Å². The standard InChI is InChI=1S/C38H51N5O6/c1-24-10-9-11-26(3)49-35(45)22-33(27-15-17-29(44)18-16-27)42-37(47)34(21-28-23-40-31-13-6-5-12-30(28)31)43(4)38(48)32(14-7-8-19-39)41-36(46)25(2)20-24/h5-6,10,12-13,15-18,23,25-26,32-34,40,44H,7-9,11,14,19-22,39H2,1-4H3,(H,41,46)(H,42,47)/t25-,26-,32-,33+,34+/m0/s1. The molecule has 0 unspecified atom stereocenters. The number of carbonyl (C=O) groups is 4. The zero-order valence-corrected chi connectivity index (χ0v) is 29.0. The van der Waals surface area contributed by atoms with Gasteiger partial charge in [0, 0.05) is 36.5 Å². The van der Waals surface area contributed by atoms with Gasteiger partial charge >= 0.3 is 5.97 Å². The minimum absolute atomic E-state index is 0.0466. The van der Waals surface area contributed by atoms with Crippen molar-refractivity contribution >= 4 is 34.6 Å². The molecule has 3 amide bonds. The maximum absolute atomic E-state index is 14.4. The molecule has 49 heavy (non-hydrogen) atoms. The summed E-state index contributed by atoms with van der Waals surface area (Å²) in [7, 11) is 1.58. The van der Waals surface area contributed by atoms with E-state index in [0.717, 1.165) is 22.0 Å². The lowest BCUT2D eigenvalue weighted by Crippen LogP contribution is -2.56. The highest BCUT2D eigenvalue weighted by Gasteiger charge is 2.35. The number of aromatic amines is 1. The number of benzene rings is 2. The van der Waals surface area contributed by atoms with Crippen molar-refractivity contribution in [3.05, 3.63) is 77.5 Å². The van der Waals surface area contributed by atoms with Crippen LogP contribution in [0.3, 0.4) is 0 Å². The normalized spacial score (nSPS) is 23.9. The Kier molecular flexibility index (Phi) is 13.4. The van der Waals surface area contributed by atoms with Crippen molar-refractivity contribution in [3.63, 3.8) is 0 Å². The van der Waals surface area contributed by atoms with E-state index in [1.165, 1.54) is 17.0 Å². The van der Waals surface area contributed by atoms with Crippen LogP contribution >= 0.6 is 0 Å². The molecule has 264 valence electrons. The van der Waals surface area contributed by atoms with Gasteiger partial charge in [-0.15, -0.1) is 0 Å². The number of esters is 1. The van der Waals surface area contributed by atoms with Gasteiger partial charge in [0.05, 0.1) is 18.6 Å². The number of carbonyl (C=O) groups excluding carboxylic acids is 4. The number of fused-ring (bicyclic) bond motifs is 1. The summed E-state index contributed by atoms with van der Waals surface area (Å²) in [4.78, 5) is 60.0. The third kappa shape index (κ3) is 10.4. The summed E-state index contributed by atoms with van der Waals surface area (Å²) < 4.78 is 5.75. The van der Waals surface area contributed by atoms with Crippen molar-refractivity contribution in [2.75, 3.05) is 13.6 Å². The van der Waals surface area contributed by atoms with E-state index in [1.54, 1.807) is 19.2 Å². The van der Waals surface area contributed by atoms with Crippen LogP contribution in [0.4, 0.5) is 0 Å². The van der Waals surface area contributed by atoms with Crippen molar-refractivity contribution in [2.24, 2.45) is 11.7 Å². The SMILES string of the molecule is CC1=CCC[C@H](C)OC(=O)C[C@H](c2ccc(O)cc2)NC(=O)[C@@H](Cc2c[nH]c3ccccc23)N(C)C(=O)[C@H](CCCCN)NC(=O)[C@@H](C)C1. The van der Waals surface area contributed by atoms with Gasteiger partial charge in [0.1, 0.15) is 17.8 Å². The highest BCUT2D eigenvalue weighted by atomic mass is 16.5. The molecule has 1 aromatic heterocycles. The number of rotatable bonds is 7. The van der Waals surface area contributed by atoms with E-state index in [9.17, 15) is 24.3 Å². The third-order valence-electron chi connectivity index (χ3n) is 9.22. The predicted molar refractivity (Wildman–Crippen MR) is 189 cm³/mol. The van der Waals surface area contributed by atoms with E-state index in [2.05, 4.69) is 21.7 Å². The van der Waals surface area contributed by atoms with E-state index in [4.69, 9.17) is 10.5 Å². The van der Waals surface area contributed by atoms with Crippen LogP contribution in [-0.2, 0) is 30.3 Å². The Morgan fingerprint density at radius 3 is 2.43 bits per heavy atom. The van der Waals surface area contributed by atoms with Crippen LogP contribution in [0.1, 0.15) is 82.9 Å². The summed E-state index contributed by atoms with van der Waals surface area (Å²) >= 11 is 0. The fourth-order valence-corrected chi connectivity index (χ4v) is 6.33. The van der Waals surface area contributed by atoms with Crippen molar-refractivity contribution < 1.29 is 29.0 Å². The molecule has 0 bridgehead atoms.